The lowest BCUT2D eigenvalue weighted by molar-refractivity contribution is -0.139. The van der Waals surface area contributed by atoms with E-state index in [9.17, 15) is 9.59 Å². The van der Waals surface area contributed by atoms with Crippen molar-refractivity contribution in [2.75, 3.05) is 39.3 Å². The van der Waals surface area contributed by atoms with Crippen LogP contribution in [0.15, 0.2) is 52.6 Å². The monoisotopic (exact) mass is 667 g/mol. The Hall–Kier alpha value is -2.83. The molecule has 9 nitrogen and oxygen atoms in total. The number of carbonyl (C=O) groups excluding carboxylic acids is 1. The number of benzene rings is 1. The minimum Gasteiger partial charge on any atom is -0.493 e. The van der Waals surface area contributed by atoms with E-state index in [-0.39, 0.29) is 17.7 Å². The molecule has 3 heterocycles. The number of esters is 1. The molecule has 0 bridgehead atoms. The molecule has 0 saturated heterocycles. The van der Waals surface area contributed by atoms with E-state index in [1.807, 2.05) is 25.9 Å². The molecule has 0 radical (unpaired) electrons. The summed E-state index contributed by atoms with van der Waals surface area (Å²) in [5, 5.41) is 0. The van der Waals surface area contributed by atoms with Crippen LogP contribution < -0.4 is 29.3 Å². The number of nitrogens with zero attached hydrogens (tertiary/aromatic N) is 3. The first-order valence-corrected chi connectivity index (χ1v) is 14.2. The maximum absolute atomic E-state index is 13.9. The van der Waals surface area contributed by atoms with Gasteiger partial charge in [-0.05, 0) is 54.4 Å². The molecule has 1 atom stereocenters. The zero-order valence-corrected chi connectivity index (χ0v) is 25.7. The van der Waals surface area contributed by atoms with Gasteiger partial charge in [0.2, 0.25) is 5.88 Å². The molecular weight excluding hydrogens is 642 g/mol. The van der Waals surface area contributed by atoms with Crippen molar-refractivity contribution in [2.45, 2.75) is 26.8 Å². The summed E-state index contributed by atoms with van der Waals surface area (Å²) in [5.74, 6) is 1.61. The van der Waals surface area contributed by atoms with Crippen LogP contribution in [-0.2, 0) is 9.53 Å². The first-order valence-electron chi connectivity index (χ1n) is 11.8. The van der Waals surface area contributed by atoms with Crippen molar-refractivity contribution in [1.29, 1.82) is 0 Å². The van der Waals surface area contributed by atoms with Gasteiger partial charge in [-0.1, -0.05) is 27.3 Å². The van der Waals surface area contributed by atoms with E-state index in [0.717, 1.165) is 4.47 Å². The van der Waals surface area contributed by atoms with E-state index < -0.39 is 12.0 Å². The first kappa shape index (κ1) is 28.2. The van der Waals surface area contributed by atoms with Gasteiger partial charge in [0.1, 0.15) is 5.76 Å². The molecule has 38 heavy (non-hydrogen) atoms. The Kier molecular flexibility index (Phi) is 8.53. The molecule has 0 unspecified atom stereocenters. The first-order chi connectivity index (χ1) is 18.1. The largest absolute Gasteiger partial charge is 0.493 e. The smallest absolute Gasteiger partial charge is 0.338 e. The highest BCUT2D eigenvalue weighted by atomic mass is 79.9. The normalized spacial score (nSPS) is 15.3. The summed E-state index contributed by atoms with van der Waals surface area (Å²) in [6.45, 7) is 5.98. The quantitative estimate of drug-likeness (QED) is 0.329. The van der Waals surface area contributed by atoms with Crippen LogP contribution in [0.3, 0.4) is 0 Å². The number of halogens is 2. The van der Waals surface area contributed by atoms with Crippen LogP contribution in [0.5, 0.6) is 11.5 Å². The summed E-state index contributed by atoms with van der Waals surface area (Å²) < 4.78 is 25.9. The van der Waals surface area contributed by atoms with Gasteiger partial charge < -0.3 is 23.5 Å². The molecule has 202 valence electrons. The van der Waals surface area contributed by atoms with Gasteiger partial charge in [-0.2, -0.15) is 0 Å². The average molecular weight is 669 g/mol. The Morgan fingerprint density at radius 3 is 2.53 bits per heavy atom. The number of thiazole rings is 1. The molecule has 0 amide bonds. The lowest BCUT2D eigenvalue weighted by atomic mass is 9.95. The molecule has 0 aliphatic carbocycles. The minimum absolute atomic E-state index is 0.183. The molecule has 1 aliphatic rings. The molecule has 0 fully saturated rings. The number of hydrogen-bond acceptors (Lipinski definition) is 9. The maximum atomic E-state index is 13.9. The van der Waals surface area contributed by atoms with Gasteiger partial charge in [0.15, 0.2) is 16.3 Å². The van der Waals surface area contributed by atoms with Crippen molar-refractivity contribution in [3.05, 3.63) is 69.4 Å². The zero-order valence-electron chi connectivity index (χ0n) is 21.8. The lowest BCUT2D eigenvalue weighted by Crippen LogP contribution is -2.40. The second kappa shape index (κ2) is 11.5. The van der Waals surface area contributed by atoms with Crippen LogP contribution in [-0.4, -0.2) is 45.0 Å². The summed E-state index contributed by atoms with van der Waals surface area (Å²) in [6, 6.07) is 4.53. The van der Waals surface area contributed by atoms with Crippen molar-refractivity contribution < 1.29 is 23.4 Å². The fourth-order valence-corrected chi connectivity index (χ4v) is 6.38. The molecular formula is C26H27Br2N3O6S. The number of hydrogen-bond donors (Lipinski definition) is 0. The number of aromatic nitrogens is 1. The van der Waals surface area contributed by atoms with E-state index in [1.165, 1.54) is 23.0 Å². The van der Waals surface area contributed by atoms with E-state index in [2.05, 4.69) is 36.9 Å². The number of furan rings is 1. The topological polar surface area (TPSA) is 95.5 Å². The summed E-state index contributed by atoms with van der Waals surface area (Å²) in [7, 11) is 5.27. The number of ether oxygens (including phenoxy) is 3. The molecule has 0 N–H and O–H groups in total. The summed E-state index contributed by atoms with van der Waals surface area (Å²) in [4.78, 5) is 34.0. The number of anilines is 1. The van der Waals surface area contributed by atoms with E-state index in [0.29, 0.717) is 54.8 Å². The summed E-state index contributed by atoms with van der Waals surface area (Å²) in [5.41, 5.74) is 1.06. The molecule has 2 aromatic heterocycles. The standard InChI is InChI=1S/C26H27Br2N3O6S/c1-7-35-19-12-16(27)15(11-18(19)34-6)22-21(25(33)36-8-2)13(3)29-26-31(22)23(32)20(38-26)10-14-9-17(28)24(37-14)30(4)5/h9-12,22H,7-8H2,1-6H3/b20-10+/t22-/m0/s1. The number of carbonyl (C=O) groups is 1. The fourth-order valence-electron chi connectivity index (χ4n) is 4.16. The van der Waals surface area contributed by atoms with Crippen LogP contribution in [0.2, 0.25) is 0 Å². The van der Waals surface area contributed by atoms with Crippen LogP contribution in [0.25, 0.3) is 6.08 Å². The number of rotatable bonds is 8. The van der Waals surface area contributed by atoms with E-state index in [1.54, 1.807) is 38.1 Å². The van der Waals surface area contributed by atoms with Gasteiger partial charge in [-0.25, -0.2) is 9.79 Å². The number of methoxy groups -OCH3 is 1. The Morgan fingerprint density at radius 1 is 1.18 bits per heavy atom. The Balaban J connectivity index is 1.98. The van der Waals surface area contributed by atoms with Gasteiger partial charge in [0.25, 0.3) is 5.56 Å². The predicted molar refractivity (Wildman–Crippen MR) is 153 cm³/mol. The van der Waals surface area contributed by atoms with Crippen LogP contribution in [0.1, 0.15) is 38.1 Å². The third-order valence-electron chi connectivity index (χ3n) is 5.76. The van der Waals surface area contributed by atoms with Gasteiger partial charge in [0.05, 0.1) is 46.6 Å². The molecule has 0 spiro atoms. The predicted octanol–water partition coefficient (Wildman–Crippen LogP) is 4.39. The summed E-state index contributed by atoms with van der Waals surface area (Å²) >= 11 is 8.34. The molecule has 3 aromatic rings. The highest BCUT2D eigenvalue weighted by Crippen LogP contribution is 2.41. The molecule has 1 aromatic carbocycles. The van der Waals surface area contributed by atoms with Gasteiger partial charge in [-0.3, -0.25) is 9.36 Å². The third-order valence-corrected chi connectivity index (χ3v) is 8.00. The second-order valence-electron chi connectivity index (χ2n) is 8.46. The van der Waals surface area contributed by atoms with E-state index in [4.69, 9.17) is 18.6 Å². The van der Waals surface area contributed by atoms with Crippen molar-refractivity contribution in [2.24, 2.45) is 4.99 Å². The van der Waals surface area contributed by atoms with Gasteiger partial charge in [-0.15, -0.1) is 0 Å². The summed E-state index contributed by atoms with van der Waals surface area (Å²) in [6.07, 6.45) is 1.68. The molecule has 1 aliphatic heterocycles. The Morgan fingerprint density at radius 2 is 1.92 bits per heavy atom. The average Bonchev–Trinajstić information content (AvgIpc) is 3.37. The maximum Gasteiger partial charge on any atom is 0.338 e. The fraction of sp³-hybridized carbons (Fsp3) is 0.346. The SMILES string of the molecule is CCOC(=O)C1=C(C)N=c2s/c(=C/c3cc(Br)c(N(C)C)o3)c(=O)n2[C@H]1c1cc(OC)c(OCC)cc1Br. The van der Waals surface area contributed by atoms with Crippen LogP contribution in [0.4, 0.5) is 5.88 Å². The van der Waals surface area contributed by atoms with Crippen molar-refractivity contribution in [3.63, 3.8) is 0 Å². The zero-order chi connectivity index (χ0) is 27.7. The third kappa shape index (κ3) is 5.21. The molecule has 12 heteroatoms. The highest BCUT2D eigenvalue weighted by molar-refractivity contribution is 9.10. The minimum atomic E-state index is -0.813. The van der Waals surface area contributed by atoms with Crippen LogP contribution >= 0.6 is 43.2 Å². The van der Waals surface area contributed by atoms with Crippen LogP contribution in [0, 0.1) is 0 Å². The molecule has 4 rings (SSSR count). The Labute approximate surface area is 240 Å². The second-order valence-corrected chi connectivity index (χ2v) is 11.2. The van der Waals surface area contributed by atoms with Gasteiger partial charge >= 0.3 is 5.97 Å². The van der Waals surface area contributed by atoms with Gasteiger partial charge in [0, 0.05) is 30.7 Å². The Bertz CT molecular complexity index is 1600. The highest BCUT2D eigenvalue weighted by Gasteiger charge is 2.35. The lowest BCUT2D eigenvalue weighted by Gasteiger charge is -2.26. The van der Waals surface area contributed by atoms with Crippen molar-refractivity contribution >= 4 is 61.1 Å². The van der Waals surface area contributed by atoms with Crippen molar-refractivity contribution in [1.82, 2.24) is 4.57 Å². The van der Waals surface area contributed by atoms with E-state index >= 15 is 0 Å². The number of allylic oxidation sites excluding steroid dienone is 1. The molecule has 0 saturated carbocycles. The number of fused-ring (bicyclic) bond motifs is 1. The van der Waals surface area contributed by atoms with Crippen molar-refractivity contribution in [3.8, 4) is 11.5 Å².